The predicted molar refractivity (Wildman–Crippen MR) is 77.4 cm³/mol. The zero-order valence-electron chi connectivity index (χ0n) is 10.8. The molecule has 0 aromatic heterocycles. The minimum atomic E-state index is -0.234. The summed E-state index contributed by atoms with van der Waals surface area (Å²) in [5.74, 6) is 1.07. The summed E-state index contributed by atoms with van der Waals surface area (Å²) in [5.41, 5.74) is 6.75. The summed E-state index contributed by atoms with van der Waals surface area (Å²) in [5, 5.41) is 0. The third-order valence-corrected chi connectivity index (χ3v) is 4.14. The molecule has 0 bridgehead atoms. The number of nitrogens with two attached hydrogens (primary N) is 1. The Morgan fingerprint density at radius 2 is 2.11 bits per heavy atom. The van der Waals surface area contributed by atoms with Gasteiger partial charge in [-0.1, -0.05) is 26.1 Å². The minimum absolute atomic E-state index is 0.234. The summed E-state index contributed by atoms with van der Waals surface area (Å²) in [6.07, 6.45) is 1.11. The highest BCUT2D eigenvalue weighted by Crippen LogP contribution is 2.29. The first-order valence-electron chi connectivity index (χ1n) is 6.33. The molecule has 1 saturated heterocycles. The molecule has 2 unspecified atom stereocenters. The highest BCUT2D eigenvalue weighted by molar-refractivity contribution is 7.80. The van der Waals surface area contributed by atoms with E-state index in [2.05, 4.69) is 18.7 Å². The summed E-state index contributed by atoms with van der Waals surface area (Å²) in [6, 6.07) is 5.01. The van der Waals surface area contributed by atoms with Crippen LogP contribution in [-0.2, 0) is 0 Å². The van der Waals surface area contributed by atoms with Gasteiger partial charge in [0.2, 0.25) is 0 Å². The molecule has 0 spiro atoms. The lowest BCUT2D eigenvalue weighted by atomic mass is 9.88. The zero-order chi connectivity index (χ0) is 13.3. The molecule has 4 heteroatoms. The molecule has 0 radical (unpaired) electrons. The molecule has 1 aliphatic heterocycles. The van der Waals surface area contributed by atoms with Crippen molar-refractivity contribution in [1.29, 1.82) is 0 Å². The van der Waals surface area contributed by atoms with E-state index in [0.717, 1.165) is 19.5 Å². The second-order valence-corrected chi connectivity index (χ2v) is 5.66. The van der Waals surface area contributed by atoms with Crippen LogP contribution < -0.4 is 10.6 Å². The molecular weight excluding hydrogens is 247 g/mol. The van der Waals surface area contributed by atoms with E-state index < -0.39 is 0 Å². The van der Waals surface area contributed by atoms with Crippen molar-refractivity contribution in [2.75, 3.05) is 18.0 Å². The molecule has 1 fully saturated rings. The lowest BCUT2D eigenvalue weighted by molar-refractivity contribution is 0.322. The normalized spacial score (nSPS) is 24.1. The van der Waals surface area contributed by atoms with Gasteiger partial charge in [0.25, 0.3) is 0 Å². The van der Waals surface area contributed by atoms with Crippen molar-refractivity contribution < 1.29 is 4.39 Å². The van der Waals surface area contributed by atoms with E-state index in [1.807, 2.05) is 0 Å². The summed E-state index contributed by atoms with van der Waals surface area (Å²) in [6.45, 7) is 6.30. The van der Waals surface area contributed by atoms with E-state index in [1.54, 1.807) is 12.1 Å². The van der Waals surface area contributed by atoms with Gasteiger partial charge in [-0.15, -0.1) is 0 Å². The van der Waals surface area contributed by atoms with Crippen LogP contribution in [0.2, 0.25) is 0 Å². The Bertz CT molecular complexity index is 461. The molecule has 2 atom stereocenters. The van der Waals surface area contributed by atoms with E-state index in [4.69, 9.17) is 18.0 Å². The molecular formula is C14H19FN2S. The van der Waals surface area contributed by atoms with Crippen LogP contribution in [0.25, 0.3) is 0 Å². The van der Waals surface area contributed by atoms with Crippen LogP contribution in [-0.4, -0.2) is 18.1 Å². The molecule has 2 nitrogen and oxygen atoms in total. The van der Waals surface area contributed by atoms with Gasteiger partial charge in [0.1, 0.15) is 10.8 Å². The molecule has 2 rings (SSSR count). The van der Waals surface area contributed by atoms with E-state index in [1.165, 1.54) is 6.07 Å². The van der Waals surface area contributed by atoms with Crippen LogP contribution >= 0.6 is 12.2 Å². The second kappa shape index (κ2) is 5.22. The third-order valence-electron chi connectivity index (χ3n) is 3.91. The Kier molecular flexibility index (Phi) is 3.85. The fourth-order valence-corrected chi connectivity index (χ4v) is 2.53. The van der Waals surface area contributed by atoms with Crippen molar-refractivity contribution in [2.45, 2.75) is 20.3 Å². The van der Waals surface area contributed by atoms with E-state index >= 15 is 0 Å². The van der Waals surface area contributed by atoms with Gasteiger partial charge >= 0.3 is 0 Å². The first kappa shape index (κ1) is 13.3. The number of halogens is 1. The number of nitrogens with zero attached hydrogens (tertiary/aromatic N) is 1. The fraction of sp³-hybridized carbons (Fsp3) is 0.500. The van der Waals surface area contributed by atoms with Crippen LogP contribution in [0, 0.1) is 17.7 Å². The van der Waals surface area contributed by atoms with E-state index in [-0.39, 0.29) is 10.8 Å². The quantitative estimate of drug-likeness (QED) is 0.835. The smallest absolute Gasteiger partial charge is 0.147 e. The van der Waals surface area contributed by atoms with Crippen LogP contribution in [0.5, 0.6) is 0 Å². The second-order valence-electron chi connectivity index (χ2n) is 5.22. The van der Waals surface area contributed by atoms with Crippen molar-refractivity contribution in [2.24, 2.45) is 17.6 Å². The Hall–Kier alpha value is -1.16. The highest BCUT2D eigenvalue weighted by Gasteiger charge is 2.24. The fourth-order valence-electron chi connectivity index (χ4n) is 2.40. The Morgan fingerprint density at radius 3 is 2.67 bits per heavy atom. The van der Waals surface area contributed by atoms with E-state index in [0.29, 0.717) is 23.1 Å². The molecule has 1 aliphatic rings. The first-order chi connectivity index (χ1) is 8.49. The Morgan fingerprint density at radius 1 is 1.39 bits per heavy atom. The Balaban J connectivity index is 2.21. The summed E-state index contributed by atoms with van der Waals surface area (Å²) >= 11 is 4.85. The number of anilines is 1. The molecule has 18 heavy (non-hydrogen) atoms. The van der Waals surface area contributed by atoms with Gasteiger partial charge < -0.3 is 10.6 Å². The van der Waals surface area contributed by atoms with Gasteiger partial charge in [-0.2, -0.15) is 0 Å². The van der Waals surface area contributed by atoms with Crippen LogP contribution in [0.4, 0.5) is 10.1 Å². The molecule has 0 aliphatic carbocycles. The third kappa shape index (κ3) is 2.64. The van der Waals surface area contributed by atoms with Crippen LogP contribution in [0.15, 0.2) is 18.2 Å². The number of piperidine rings is 1. The molecule has 1 aromatic carbocycles. The Labute approximate surface area is 113 Å². The summed E-state index contributed by atoms with van der Waals surface area (Å²) < 4.78 is 14.1. The molecule has 1 heterocycles. The maximum Gasteiger partial charge on any atom is 0.147 e. The van der Waals surface area contributed by atoms with Crippen molar-refractivity contribution in [1.82, 2.24) is 0 Å². The van der Waals surface area contributed by atoms with Gasteiger partial charge in [-0.25, -0.2) is 4.39 Å². The monoisotopic (exact) mass is 266 g/mol. The number of thiocarbonyl (C=S) groups is 1. The average Bonchev–Trinajstić information content (AvgIpc) is 2.32. The average molecular weight is 266 g/mol. The van der Waals surface area contributed by atoms with Gasteiger partial charge in [0, 0.05) is 18.7 Å². The first-order valence-corrected chi connectivity index (χ1v) is 6.74. The van der Waals surface area contributed by atoms with Crippen molar-refractivity contribution in [3.8, 4) is 0 Å². The number of rotatable bonds is 2. The largest absolute Gasteiger partial charge is 0.389 e. The van der Waals surface area contributed by atoms with Crippen LogP contribution in [0.3, 0.4) is 0 Å². The zero-order valence-corrected chi connectivity index (χ0v) is 11.6. The standard InChI is InChI=1S/C14H19FN2S/c1-9-5-6-17(8-10(9)2)13-4-3-11(14(16)18)7-12(13)15/h3-4,7,9-10H,5-6,8H2,1-2H3,(H2,16,18). The van der Waals surface area contributed by atoms with Gasteiger partial charge in [-0.05, 0) is 36.5 Å². The SMILES string of the molecule is CC1CCN(c2ccc(C(N)=S)cc2F)CC1C. The lowest BCUT2D eigenvalue weighted by Gasteiger charge is -2.37. The van der Waals surface area contributed by atoms with Crippen molar-refractivity contribution >= 4 is 22.9 Å². The van der Waals surface area contributed by atoms with Crippen LogP contribution in [0.1, 0.15) is 25.8 Å². The number of hydrogen-bond acceptors (Lipinski definition) is 2. The maximum atomic E-state index is 14.1. The van der Waals surface area contributed by atoms with Gasteiger partial charge in [0.05, 0.1) is 5.69 Å². The molecule has 2 N–H and O–H groups in total. The van der Waals surface area contributed by atoms with Crippen molar-refractivity contribution in [3.05, 3.63) is 29.6 Å². The molecule has 1 aromatic rings. The van der Waals surface area contributed by atoms with Gasteiger partial charge in [0.15, 0.2) is 0 Å². The molecule has 98 valence electrons. The summed E-state index contributed by atoms with van der Waals surface area (Å²) in [4.78, 5) is 2.35. The van der Waals surface area contributed by atoms with Gasteiger partial charge in [-0.3, -0.25) is 0 Å². The molecule has 0 amide bonds. The van der Waals surface area contributed by atoms with Crippen molar-refractivity contribution in [3.63, 3.8) is 0 Å². The maximum absolute atomic E-state index is 14.1. The highest BCUT2D eigenvalue weighted by atomic mass is 32.1. The summed E-state index contributed by atoms with van der Waals surface area (Å²) in [7, 11) is 0. The minimum Gasteiger partial charge on any atom is -0.389 e. The molecule has 0 saturated carbocycles. The topological polar surface area (TPSA) is 29.3 Å². The lowest BCUT2D eigenvalue weighted by Crippen LogP contribution is -2.38. The van der Waals surface area contributed by atoms with E-state index in [9.17, 15) is 4.39 Å². The number of benzene rings is 1. The number of hydrogen-bond donors (Lipinski definition) is 1. The predicted octanol–water partition coefficient (Wildman–Crippen LogP) is 2.94.